The van der Waals surface area contributed by atoms with Crippen LogP contribution in [-0.4, -0.2) is 53.0 Å². The van der Waals surface area contributed by atoms with Crippen LogP contribution in [-0.2, 0) is 9.53 Å². The second-order valence-electron chi connectivity index (χ2n) is 8.90. The van der Waals surface area contributed by atoms with Crippen LogP contribution in [0, 0.1) is 24.5 Å². The van der Waals surface area contributed by atoms with Crippen LogP contribution < -0.4 is 10.2 Å². The summed E-state index contributed by atoms with van der Waals surface area (Å²) in [5.41, 5.74) is 1.29. The molecule has 4 heterocycles. The highest BCUT2D eigenvalue weighted by molar-refractivity contribution is 7.17. The van der Waals surface area contributed by atoms with Crippen molar-refractivity contribution in [3.63, 3.8) is 0 Å². The van der Waals surface area contributed by atoms with Gasteiger partial charge < -0.3 is 20.1 Å². The van der Waals surface area contributed by atoms with E-state index in [2.05, 4.69) is 20.3 Å². The fourth-order valence-corrected chi connectivity index (χ4v) is 6.52. The fraction of sp³-hybridized carbons (Fsp3) is 0.320. The molecule has 1 atom stereocenters. The van der Waals surface area contributed by atoms with E-state index < -0.39 is 34.6 Å². The van der Waals surface area contributed by atoms with Crippen molar-refractivity contribution in [2.24, 2.45) is 10.9 Å². The molecule has 2 aliphatic heterocycles. The van der Waals surface area contributed by atoms with Gasteiger partial charge in [0.1, 0.15) is 10.9 Å². The van der Waals surface area contributed by atoms with Crippen LogP contribution in [0.2, 0.25) is 5.02 Å². The lowest BCUT2D eigenvalue weighted by Gasteiger charge is -2.36. The van der Waals surface area contributed by atoms with Crippen molar-refractivity contribution in [1.82, 2.24) is 15.3 Å². The molecule has 9 nitrogen and oxygen atoms in total. The number of hydrogen-bond donors (Lipinski definition) is 2. The molecular weight excluding hydrogens is 572 g/mol. The topological polar surface area (TPSA) is 117 Å². The van der Waals surface area contributed by atoms with Gasteiger partial charge in [0.05, 0.1) is 23.4 Å². The molecular formula is C25H22ClF2N5O4S2. The summed E-state index contributed by atoms with van der Waals surface area (Å²) in [4.78, 5) is 40.3. The average molecular weight is 594 g/mol. The van der Waals surface area contributed by atoms with E-state index in [0.717, 1.165) is 17.4 Å². The van der Waals surface area contributed by atoms with Gasteiger partial charge >= 0.3 is 11.9 Å². The van der Waals surface area contributed by atoms with Crippen LogP contribution in [0.3, 0.4) is 0 Å². The minimum absolute atomic E-state index is 0.126. The average Bonchev–Trinajstić information content (AvgIpc) is 3.61. The van der Waals surface area contributed by atoms with E-state index in [0.29, 0.717) is 53.3 Å². The molecule has 39 heavy (non-hydrogen) atoms. The third-order valence-corrected chi connectivity index (χ3v) is 9.00. The number of carbonyl (C=O) groups is 2. The number of allylic oxidation sites excluding steroid dienone is 1. The molecule has 3 aromatic rings. The number of esters is 1. The summed E-state index contributed by atoms with van der Waals surface area (Å²) in [6, 6.07) is 1.20. The Morgan fingerprint density at radius 2 is 2.00 bits per heavy atom. The highest BCUT2D eigenvalue weighted by Gasteiger charge is 2.38. The number of benzene rings is 1. The molecule has 1 saturated heterocycles. The van der Waals surface area contributed by atoms with E-state index in [1.807, 2.05) is 4.90 Å². The summed E-state index contributed by atoms with van der Waals surface area (Å²) in [5, 5.41) is 15.2. The molecule has 1 fully saturated rings. The zero-order chi connectivity index (χ0) is 27.8. The normalized spacial score (nSPS) is 18.1. The number of methoxy groups -OCH3 is 1. The van der Waals surface area contributed by atoms with E-state index in [1.54, 1.807) is 18.5 Å². The number of aromatic carboxylic acids is 1. The molecule has 0 spiro atoms. The number of anilines is 1. The second-order valence-corrected chi connectivity index (χ2v) is 11.2. The van der Waals surface area contributed by atoms with Crippen molar-refractivity contribution < 1.29 is 28.2 Å². The Balaban J connectivity index is 1.53. The predicted octanol–water partition coefficient (Wildman–Crippen LogP) is 4.97. The number of thiazole rings is 2. The number of nitrogens with one attached hydrogen (secondary N) is 1. The number of piperidine rings is 1. The number of aliphatic imine (C=N–C) groups is 1. The monoisotopic (exact) mass is 593 g/mol. The van der Waals surface area contributed by atoms with Gasteiger partial charge in [-0.3, -0.25) is 4.99 Å². The first-order valence-electron chi connectivity index (χ1n) is 11.9. The SMILES string of the molecule is COC(=O)C1=C(C2CCN(c3nc(C)c(C(=O)O)s3)CC2)NC(c2nccs2)=NC1c1ccc(F)c(F)c1Cl. The van der Waals surface area contributed by atoms with Crippen LogP contribution >= 0.6 is 34.3 Å². The summed E-state index contributed by atoms with van der Waals surface area (Å²) >= 11 is 8.69. The second kappa shape index (κ2) is 11.0. The van der Waals surface area contributed by atoms with Crippen molar-refractivity contribution in [1.29, 1.82) is 0 Å². The van der Waals surface area contributed by atoms with Crippen LogP contribution in [0.15, 0.2) is 40.0 Å². The third-order valence-electron chi connectivity index (χ3n) is 6.63. The number of carbonyl (C=O) groups excluding carboxylic acids is 1. The maximum Gasteiger partial charge on any atom is 0.347 e. The fourth-order valence-electron chi connectivity index (χ4n) is 4.72. The molecule has 2 aromatic heterocycles. The molecule has 2 N–H and O–H groups in total. The number of aromatic nitrogens is 2. The number of aryl methyl sites for hydroxylation is 1. The van der Waals surface area contributed by atoms with Crippen molar-refractivity contribution in [2.75, 3.05) is 25.1 Å². The van der Waals surface area contributed by atoms with Crippen molar-refractivity contribution in [3.8, 4) is 0 Å². The molecule has 204 valence electrons. The van der Waals surface area contributed by atoms with E-state index >= 15 is 0 Å². The first-order chi connectivity index (χ1) is 18.7. The number of amidine groups is 1. The van der Waals surface area contributed by atoms with Gasteiger partial charge in [-0.1, -0.05) is 29.0 Å². The van der Waals surface area contributed by atoms with Gasteiger partial charge in [0.25, 0.3) is 0 Å². The van der Waals surface area contributed by atoms with Gasteiger partial charge in [-0.05, 0) is 25.8 Å². The van der Waals surface area contributed by atoms with E-state index in [1.165, 1.54) is 24.5 Å². The van der Waals surface area contributed by atoms with Crippen molar-refractivity contribution in [2.45, 2.75) is 25.8 Å². The Kier molecular flexibility index (Phi) is 7.65. The molecule has 0 amide bonds. The molecule has 2 aliphatic rings. The van der Waals surface area contributed by atoms with Gasteiger partial charge in [0, 0.05) is 41.8 Å². The van der Waals surface area contributed by atoms with Gasteiger partial charge in [-0.25, -0.2) is 28.3 Å². The summed E-state index contributed by atoms with van der Waals surface area (Å²) in [5.74, 6) is -3.80. The predicted molar refractivity (Wildman–Crippen MR) is 144 cm³/mol. The van der Waals surface area contributed by atoms with Crippen molar-refractivity contribution in [3.05, 3.63) is 72.8 Å². The number of rotatable bonds is 6. The van der Waals surface area contributed by atoms with Gasteiger partial charge in [0.2, 0.25) is 0 Å². The molecule has 14 heteroatoms. The lowest BCUT2D eigenvalue weighted by Crippen LogP contribution is -2.41. The van der Waals surface area contributed by atoms with Crippen LogP contribution in [0.4, 0.5) is 13.9 Å². The minimum Gasteiger partial charge on any atom is -0.477 e. The molecule has 5 rings (SSSR count). The third kappa shape index (κ3) is 5.13. The zero-order valence-electron chi connectivity index (χ0n) is 20.7. The highest BCUT2D eigenvalue weighted by Crippen LogP contribution is 2.41. The Morgan fingerprint density at radius 1 is 1.26 bits per heavy atom. The first kappa shape index (κ1) is 27.2. The summed E-state index contributed by atoms with van der Waals surface area (Å²) in [6.45, 7) is 2.77. The number of nitrogens with zero attached hydrogens (tertiary/aromatic N) is 4. The smallest absolute Gasteiger partial charge is 0.347 e. The quantitative estimate of drug-likeness (QED) is 0.304. The number of carboxylic acids is 1. The molecule has 1 aromatic carbocycles. The van der Waals surface area contributed by atoms with E-state index in [-0.39, 0.29) is 21.9 Å². The van der Waals surface area contributed by atoms with Crippen LogP contribution in [0.25, 0.3) is 0 Å². The largest absolute Gasteiger partial charge is 0.477 e. The minimum atomic E-state index is -1.22. The summed E-state index contributed by atoms with van der Waals surface area (Å²) < 4.78 is 33.5. The lowest BCUT2D eigenvalue weighted by atomic mass is 9.85. The Bertz CT molecular complexity index is 1500. The summed E-state index contributed by atoms with van der Waals surface area (Å²) in [6.07, 6.45) is 2.79. The Hall–Kier alpha value is -3.42. The molecule has 0 saturated carbocycles. The van der Waals surface area contributed by atoms with Gasteiger partial charge in [-0.15, -0.1) is 11.3 Å². The van der Waals surface area contributed by atoms with E-state index in [4.69, 9.17) is 16.3 Å². The first-order valence-corrected chi connectivity index (χ1v) is 13.9. The lowest BCUT2D eigenvalue weighted by molar-refractivity contribution is -0.136. The molecule has 1 unspecified atom stereocenters. The van der Waals surface area contributed by atoms with Crippen molar-refractivity contribution >= 4 is 57.2 Å². The van der Waals surface area contributed by atoms with Crippen LogP contribution in [0.1, 0.15) is 44.8 Å². The highest BCUT2D eigenvalue weighted by atomic mass is 35.5. The maximum atomic E-state index is 14.5. The Labute approximate surface area is 234 Å². The van der Waals surface area contributed by atoms with Gasteiger partial charge in [0.15, 0.2) is 27.6 Å². The van der Waals surface area contributed by atoms with Crippen LogP contribution in [0.5, 0.6) is 0 Å². The molecule has 0 radical (unpaired) electrons. The molecule has 0 bridgehead atoms. The zero-order valence-corrected chi connectivity index (χ0v) is 23.1. The Morgan fingerprint density at radius 3 is 2.62 bits per heavy atom. The number of hydrogen-bond acceptors (Lipinski definition) is 10. The van der Waals surface area contributed by atoms with Gasteiger partial charge in [-0.2, -0.15) is 0 Å². The molecule has 0 aliphatic carbocycles. The standard InChI is InChI=1S/C25H22ClF2N5O4S2/c1-11-20(23(34)35)39-25(30-11)33-8-5-12(6-9-33)18-15(24(36)37-2)19(13-3-4-14(27)17(28)16(13)26)32-21(31-18)22-29-7-10-38-22/h3-4,7,10,12,19H,5-6,8-9H2,1-2H3,(H,31,32)(H,34,35). The number of halogens is 3. The summed E-state index contributed by atoms with van der Waals surface area (Å²) in [7, 11) is 1.24. The number of carboxylic acid groups (broad SMARTS) is 1. The number of ether oxygens (including phenoxy) is 1. The maximum absolute atomic E-state index is 14.5. The van der Waals surface area contributed by atoms with E-state index in [9.17, 15) is 23.5 Å².